The van der Waals surface area contributed by atoms with Crippen molar-refractivity contribution in [3.05, 3.63) is 41.0 Å². The maximum Gasteiger partial charge on any atom is 0.335 e. The fourth-order valence-corrected chi connectivity index (χ4v) is 1.80. The van der Waals surface area contributed by atoms with E-state index in [4.69, 9.17) is 5.11 Å². The van der Waals surface area contributed by atoms with Gasteiger partial charge in [0, 0.05) is 0 Å². The Bertz CT molecular complexity index is 585. The van der Waals surface area contributed by atoms with Gasteiger partial charge in [-0.05, 0) is 35.7 Å². The van der Waals surface area contributed by atoms with Crippen LogP contribution >= 0.6 is 0 Å². The van der Waals surface area contributed by atoms with E-state index in [1.807, 2.05) is 19.9 Å². The largest absolute Gasteiger partial charge is 0.872 e. The molecule has 0 aliphatic heterocycles. The minimum absolute atomic E-state index is 0.138. The third kappa shape index (κ3) is 1.50. The number of carboxylic acids is 1. The first-order valence-electron chi connectivity index (χ1n) is 4.95. The van der Waals surface area contributed by atoms with Gasteiger partial charge in [0.2, 0.25) is 0 Å². The summed E-state index contributed by atoms with van der Waals surface area (Å²) in [4.78, 5) is 11.0. The van der Waals surface area contributed by atoms with E-state index in [0.717, 1.165) is 16.5 Å². The van der Waals surface area contributed by atoms with Crippen LogP contribution in [-0.2, 0) is 0 Å². The van der Waals surface area contributed by atoms with Crippen LogP contribution in [0.4, 0.5) is 0 Å². The number of rotatable bonds is 1. The molecule has 2 aromatic rings. The smallest absolute Gasteiger partial charge is 0.335 e. The Morgan fingerprint density at radius 3 is 2.44 bits per heavy atom. The second-order valence-corrected chi connectivity index (χ2v) is 3.90. The molecule has 0 bridgehead atoms. The molecule has 0 aromatic heterocycles. The summed E-state index contributed by atoms with van der Waals surface area (Å²) in [6, 6.07) is 6.63. The Kier molecular flexibility index (Phi) is 2.31. The molecule has 0 saturated heterocycles. The molecule has 2 aromatic carbocycles. The maximum absolute atomic E-state index is 11.5. The van der Waals surface area contributed by atoms with E-state index in [1.165, 1.54) is 6.07 Å². The van der Waals surface area contributed by atoms with Crippen molar-refractivity contribution in [2.24, 2.45) is 0 Å². The van der Waals surface area contributed by atoms with Crippen molar-refractivity contribution in [2.45, 2.75) is 13.8 Å². The molecule has 0 amide bonds. The molecule has 0 radical (unpaired) electrons. The summed E-state index contributed by atoms with van der Waals surface area (Å²) >= 11 is 0. The molecule has 2 rings (SSSR count). The highest BCUT2D eigenvalue weighted by atomic mass is 16.4. The van der Waals surface area contributed by atoms with E-state index in [1.54, 1.807) is 12.1 Å². The zero-order chi connectivity index (χ0) is 11.9. The molecule has 0 unspecified atom stereocenters. The van der Waals surface area contributed by atoms with Gasteiger partial charge in [-0.1, -0.05) is 30.0 Å². The molecular formula is C13H11O3-. The Morgan fingerprint density at radius 1 is 1.19 bits per heavy atom. The first-order chi connectivity index (χ1) is 7.50. The minimum atomic E-state index is -1.17. The first kappa shape index (κ1) is 10.5. The molecule has 0 aliphatic carbocycles. The van der Waals surface area contributed by atoms with Crippen molar-refractivity contribution in [3.63, 3.8) is 0 Å². The van der Waals surface area contributed by atoms with Crippen LogP contribution in [0.1, 0.15) is 21.5 Å². The molecule has 0 saturated carbocycles. The summed E-state index contributed by atoms with van der Waals surface area (Å²) in [5.41, 5.74) is 1.93. The van der Waals surface area contributed by atoms with E-state index in [2.05, 4.69) is 0 Å². The van der Waals surface area contributed by atoms with Gasteiger partial charge in [-0.3, -0.25) is 0 Å². The molecular weight excluding hydrogens is 204 g/mol. The molecule has 0 spiro atoms. The normalized spacial score (nSPS) is 10.6. The molecule has 3 heteroatoms. The fraction of sp³-hybridized carbons (Fsp3) is 0.154. The van der Waals surface area contributed by atoms with Crippen LogP contribution in [0.25, 0.3) is 10.8 Å². The summed E-state index contributed by atoms with van der Waals surface area (Å²) < 4.78 is 0. The number of carbonyl (C=O) groups is 1. The van der Waals surface area contributed by atoms with E-state index in [0.29, 0.717) is 5.39 Å². The van der Waals surface area contributed by atoms with Gasteiger partial charge in [0.05, 0.1) is 5.56 Å². The Hall–Kier alpha value is -2.03. The van der Waals surface area contributed by atoms with Gasteiger partial charge in [-0.2, -0.15) is 0 Å². The number of fused-ring (bicyclic) bond motifs is 1. The van der Waals surface area contributed by atoms with E-state index < -0.39 is 11.7 Å². The summed E-state index contributed by atoms with van der Waals surface area (Å²) in [5.74, 6) is -1.61. The van der Waals surface area contributed by atoms with E-state index >= 15 is 0 Å². The second kappa shape index (κ2) is 3.52. The number of carboxylic acid groups (broad SMARTS) is 1. The lowest BCUT2D eigenvalue weighted by molar-refractivity contribution is -0.268. The monoisotopic (exact) mass is 215 g/mol. The topological polar surface area (TPSA) is 60.4 Å². The Balaban J connectivity index is 2.92. The van der Waals surface area contributed by atoms with Gasteiger partial charge in [0.25, 0.3) is 0 Å². The van der Waals surface area contributed by atoms with Gasteiger partial charge in [-0.15, -0.1) is 0 Å². The molecule has 0 heterocycles. The SMILES string of the molecule is Cc1cc2ccc([O-])c(C(=O)O)c2cc1C. The molecule has 0 aliphatic rings. The predicted molar refractivity (Wildman–Crippen MR) is 59.8 cm³/mol. The fourth-order valence-electron chi connectivity index (χ4n) is 1.80. The van der Waals surface area contributed by atoms with Crippen LogP contribution in [0.15, 0.2) is 24.3 Å². The van der Waals surface area contributed by atoms with Crippen LogP contribution < -0.4 is 5.11 Å². The highest BCUT2D eigenvalue weighted by Gasteiger charge is 2.10. The second-order valence-electron chi connectivity index (χ2n) is 3.90. The Morgan fingerprint density at radius 2 is 1.81 bits per heavy atom. The first-order valence-corrected chi connectivity index (χ1v) is 4.95. The van der Waals surface area contributed by atoms with Crippen molar-refractivity contribution in [3.8, 4) is 5.75 Å². The molecule has 82 valence electrons. The summed E-state index contributed by atoms with van der Waals surface area (Å²) in [6.07, 6.45) is 0. The zero-order valence-corrected chi connectivity index (χ0v) is 9.07. The molecule has 1 N–H and O–H groups in total. The van der Waals surface area contributed by atoms with Crippen molar-refractivity contribution >= 4 is 16.7 Å². The summed E-state index contributed by atoms with van der Waals surface area (Å²) in [7, 11) is 0. The number of hydrogen-bond acceptors (Lipinski definition) is 2. The standard InChI is InChI=1S/C13H12O3/c1-7-5-9-3-4-11(14)12(13(15)16)10(9)6-8(7)2/h3-6,14H,1-2H3,(H,15,16)/p-1. The van der Waals surface area contributed by atoms with Crippen LogP contribution in [0, 0.1) is 13.8 Å². The van der Waals surface area contributed by atoms with Gasteiger partial charge >= 0.3 is 5.97 Å². The predicted octanol–water partition coefficient (Wildman–Crippen LogP) is 2.23. The average Bonchev–Trinajstić information content (AvgIpc) is 2.20. The van der Waals surface area contributed by atoms with Crippen LogP contribution in [0.3, 0.4) is 0 Å². The highest BCUT2D eigenvalue weighted by Crippen LogP contribution is 2.27. The quantitative estimate of drug-likeness (QED) is 0.793. The minimum Gasteiger partial charge on any atom is -0.872 e. The molecule has 16 heavy (non-hydrogen) atoms. The van der Waals surface area contributed by atoms with Crippen LogP contribution in [0.2, 0.25) is 0 Å². The molecule has 0 fully saturated rings. The van der Waals surface area contributed by atoms with Gasteiger partial charge in [-0.25, -0.2) is 4.79 Å². The number of hydrogen-bond donors (Lipinski definition) is 1. The van der Waals surface area contributed by atoms with Crippen molar-refractivity contribution in [1.29, 1.82) is 0 Å². The van der Waals surface area contributed by atoms with Gasteiger partial charge in [0.1, 0.15) is 0 Å². The highest BCUT2D eigenvalue weighted by molar-refractivity contribution is 6.06. The maximum atomic E-state index is 11.5. The van der Waals surface area contributed by atoms with Crippen LogP contribution in [0.5, 0.6) is 5.75 Å². The lowest BCUT2D eigenvalue weighted by Crippen LogP contribution is -2.04. The summed E-state index contributed by atoms with van der Waals surface area (Å²) in [5, 5.41) is 21.8. The zero-order valence-electron chi connectivity index (χ0n) is 9.07. The van der Waals surface area contributed by atoms with E-state index in [-0.39, 0.29) is 5.56 Å². The molecule has 0 atom stereocenters. The lowest BCUT2D eigenvalue weighted by atomic mass is 9.98. The lowest BCUT2D eigenvalue weighted by Gasteiger charge is -2.14. The van der Waals surface area contributed by atoms with E-state index in [9.17, 15) is 9.90 Å². The third-order valence-corrected chi connectivity index (χ3v) is 2.81. The molecule has 3 nitrogen and oxygen atoms in total. The van der Waals surface area contributed by atoms with Crippen molar-refractivity contribution in [2.75, 3.05) is 0 Å². The number of aryl methyl sites for hydroxylation is 2. The van der Waals surface area contributed by atoms with Crippen LogP contribution in [-0.4, -0.2) is 11.1 Å². The summed E-state index contributed by atoms with van der Waals surface area (Å²) in [6.45, 7) is 3.86. The van der Waals surface area contributed by atoms with Gasteiger partial charge in [0.15, 0.2) is 0 Å². The van der Waals surface area contributed by atoms with Crippen molar-refractivity contribution in [1.82, 2.24) is 0 Å². The van der Waals surface area contributed by atoms with Gasteiger partial charge < -0.3 is 10.2 Å². The average molecular weight is 215 g/mol. The van der Waals surface area contributed by atoms with Crippen molar-refractivity contribution < 1.29 is 15.0 Å². The number of benzene rings is 2. The Labute approximate surface area is 93.0 Å². The number of aromatic carboxylic acids is 1. The third-order valence-electron chi connectivity index (χ3n) is 2.81.